The number of nitrogens with one attached hydrogen (secondary N) is 1. The second-order valence-corrected chi connectivity index (χ2v) is 19.5. The van der Waals surface area contributed by atoms with E-state index < -0.39 is 61.5 Å². The number of aliphatic hydroxyl groups excluding tert-OH is 6. The number of ether oxygens (including phenoxy) is 2. The molecule has 0 radical (unpaired) electrons. The van der Waals surface area contributed by atoms with E-state index in [0.29, 0.717) is 6.42 Å². The number of carbonyl (C=O) groups is 1. The Balaban J connectivity index is 2.28. The topological polar surface area (TPSA) is 169 Å². The normalized spacial score (nSPS) is 20.5. The fourth-order valence-electron chi connectivity index (χ4n) is 8.99. The summed E-state index contributed by atoms with van der Waals surface area (Å²) in [6, 6.07) is -0.975. The lowest BCUT2D eigenvalue weighted by Gasteiger charge is -2.40. The Hall–Kier alpha value is -1.11. The Bertz CT molecular complexity index is 1030. The largest absolute Gasteiger partial charge is 0.394 e. The smallest absolute Gasteiger partial charge is 0.249 e. The van der Waals surface area contributed by atoms with E-state index in [1.54, 1.807) is 6.08 Å². The van der Waals surface area contributed by atoms with E-state index in [0.717, 1.165) is 44.9 Å². The molecule has 10 nitrogen and oxygen atoms in total. The second-order valence-electron chi connectivity index (χ2n) is 19.5. The second kappa shape index (κ2) is 44.4. The maximum Gasteiger partial charge on any atom is 0.249 e. The molecule has 0 aromatic rings. The van der Waals surface area contributed by atoms with Crippen LogP contribution in [0.25, 0.3) is 0 Å². The van der Waals surface area contributed by atoms with Crippen LogP contribution >= 0.6 is 0 Å². The van der Waals surface area contributed by atoms with Crippen LogP contribution in [-0.2, 0) is 14.3 Å². The predicted octanol–water partition coefficient (Wildman–Crippen LogP) is 11.8. The highest BCUT2D eigenvalue weighted by Gasteiger charge is 2.44. The van der Waals surface area contributed by atoms with Gasteiger partial charge in [0.1, 0.15) is 30.5 Å². The zero-order chi connectivity index (χ0) is 46.7. The average Bonchev–Trinajstić information content (AvgIpc) is 3.29. The van der Waals surface area contributed by atoms with Gasteiger partial charge < -0.3 is 45.4 Å². The first-order valence-corrected chi connectivity index (χ1v) is 27.5. The molecular formula is C54H105NO9. The molecular weight excluding hydrogens is 807 g/mol. The Morgan fingerprint density at radius 1 is 0.531 bits per heavy atom. The molecule has 0 aromatic carbocycles. The molecule has 1 heterocycles. The van der Waals surface area contributed by atoms with Crippen molar-refractivity contribution in [1.29, 1.82) is 0 Å². The number of allylic oxidation sites excluding steroid dienone is 1. The van der Waals surface area contributed by atoms with Crippen LogP contribution in [0.2, 0.25) is 0 Å². The third kappa shape index (κ3) is 33.4. The van der Waals surface area contributed by atoms with Crippen LogP contribution < -0.4 is 5.32 Å². The lowest BCUT2D eigenvalue weighted by atomic mass is 9.99. The van der Waals surface area contributed by atoms with Gasteiger partial charge in [-0.2, -0.15) is 0 Å². The SMILES string of the molecule is CCCCCCCCCCCCCCCC/C=C/C(O)C(COC1OC(CO)C(O)C(O)C1O)NC(=O)C(O)CCCCCCCCCCCCCCCCCCCCCCCCC. The number of unbranched alkanes of at least 4 members (excludes halogenated alkanes) is 36. The summed E-state index contributed by atoms with van der Waals surface area (Å²) in [5, 5.41) is 64.9. The highest BCUT2D eigenvalue weighted by Crippen LogP contribution is 2.23. The number of hydrogen-bond donors (Lipinski definition) is 7. The van der Waals surface area contributed by atoms with E-state index in [4.69, 9.17) is 9.47 Å². The van der Waals surface area contributed by atoms with Crippen LogP contribution in [0.4, 0.5) is 0 Å². The van der Waals surface area contributed by atoms with Gasteiger partial charge in [0.2, 0.25) is 5.91 Å². The summed E-state index contributed by atoms with van der Waals surface area (Å²) in [6.07, 6.45) is 43.0. The molecule has 0 saturated carbocycles. The first-order valence-electron chi connectivity index (χ1n) is 27.5. The summed E-state index contributed by atoms with van der Waals surface area (Å²) < 4.78 is 11.2. The first-order chi connectivity index (χ1) is 31.3. The van der Waals surface area contributed by atoms with Crippen molar-refractivity contribution < 1.29 is 44.9 Å². The molecule has 1 fully saturated rings. The summed E-state index contributed by atoms with van der Waals surface area (Å²) >= 11 is 0. The summed E-state index contributed by atoms with van der Waals surface area (Å²) in [4.78, 5) is 13.1. The molecule has 0 spiro atoms. The van der Waals surface area contributed by atoms with Gasteiger partial charge in [-0.1, -0.05) is 257 Å². The van der Waals surface area contributed by atoms with Crippen molar-refractivity contribution in [3.05, 3.63) is 12.2 Å². The number of hydrogen-bond acceptors (Lipinski definition) is 9. The Morgan fingerprint density at radius 3 is 1.27 bits per heavy atom. The molecule has 0 bridgehead atoms. The number of aliphatic hydroxyl groups is 6. The quantitative estimate of drug-likeness (QED) is 0.0232. The number of carbonyl (C=O) groups excluding carboxylic acids is 1. The molecule has 10 heteroatoms. The highest BCUT2D eigenvalue weighted by molar-refractivity contribution is 5.80. The highest BCUT2D eigenvalue weighted by atomic mass is 16.7. The Labute approximate surface area is 393 Å². The van der Waals surface area contributed by atoms with Crippen molar-refractivity contribution >= 4 is 5.91 Å². The minimum atomic E-state index is -1.61. The minimum absolute atomic E-state index is 0.301. The van der Waals surface area contributed by atoms with Crippen LogP contribution in [0.15, 0.2) is 12.2 Å². The Morgan fingerprint density at radius 2 is 0.891 bits per heavy atom. The van der Waals surface area contributed by atoms with E-state index in [-0.39, 0.29) is 6.61 Å². The van der Waals surface area contributed by atoms with Crippen LogP contribution in [0.5, 0.6) is 0 Å². The van der Waals surface area contributed by atoms with Gasteiger partial charge in [-0.3, -0.25) is 4.79 Å². The standard InChI is InChI=1S/C54H105NO9/c1-3-5-7-9-11-13-15-17-19-21-22-23-24-25-26-27-29-31-33-35-37-39-41-43-48(58)53(62)55-46(45-63-54-52(61)51(60)50(59)49(44-56)64-54)47(57)42-40-38-36-34-32-30-28-20-18-16-14-12-10-8-6-4-2/h40,42,46-52,54,56-61H,3-39,41,43-45H2,1-2H3,(H,55,62)/b42-40+. The van der Waals surface area contributed by atoms with Gasteiger partial charge in [0, 0.05) is 0 Å². The average molecular weight is 912 g/mol. The molecule has 64 heavy (non-hydrogen) atoms. The van der Waals surface area contributed by atoms with Crippen LogP contribution in [-0.4, -0.2) is 98.7 Å². The minimum Gasteiger partial charge on any atom is -0.394 e. The zero-order valence-corrected chi connectivity index (χ0v) is 41.7. The predicted molar refractivity (Wildman–Crippen MR) is 264 cm³/mol. The van der Waals surface area contributed by atoms with Gasteiger partial charge >= 0.3 is 0 Å². The maximum absolute atomic E-state index is 13.1. The molecule has 380 valence electrons. The van der Waals surface area contributed by atoms with Gasteiger partial charge in [0.15, 0.2) is 6.29 Å². The van der Waals surface area contributed by atoms with Crippen molar-refractivity contribution in [3.8, 4) is 0 Å². The monoisotopic (exact) mass is 912 g/mol. The molecule has 1 aliphatic rings. The molecule has 0 aliphatic carbocycles. The van der Waals surface area contributed by atoms with Crippen molar-refractivity contribution in [2.75, 3.05) is 13.2 Å². The summed E-state index contributed by atoms with van der Waals surface area (Å²) in [7, 11) is 0. The van der Waals surface area contributed by atoms with Crippen LogP contribution in [0, 0.1) is 0 Å². The zero-order valence-electron chi connectivity index (χ0n) is 41.7. The van der Waals surface area contributed by atoms with E-state index in [1.807, 2.05) is 6.08 Å². The van der Waals surface area contributed by atoms with Gasteiger partial charge in [0.05, 0.1) is 25.4 Å². The van der Waals surface area contributed by atoms with Crippen molar-refractivity contribution in [2.45, 2.75) is 313 Å². The molecule has 1 rings (SSSR count). The maximum atomic E-state index is 13.1. The molecule has 1 saturated heterocycles. The molecule has 8 atom stereocenters. The molecule has 0 aromatic heterocycles. The van der Waals surface area contributed by atoms with Crippen molar-refractivity contribution in [1.82, 2.24) is 5.32 Å². The molecule has 7 N–H and O–H groups in total. The summed E-state index contributed by atoms with van der Waals surface area (Å²) in [6.45, 7) is 3.64. The fraction of sp³-hybridized carbons (Fsp3) is 0.944. The van der Waals surface area contributed by atoms with Gasteiger partial charge in [-0.15, -0.1) is 0 Å². The third-order valence-corrected chi connectivity index (χ3v) is 13.5. The van der Waals surface area contributed by atoms with Crippen molar-refractivity contribution in [3.63, 3.8) is 0 Å². The molecule has 1 amide bonds. The van der Waals surface area contributed by atoms with Crippen molar-refractivity contribution in [2.24, 2.45) is 0 Å². The van der Waals surface area contributed by atoms with E-state index >= 15 is 0 Å². The Kier molecular flexibility index (Phi) is 42.3. The molecule has 8 unspecified atom stereocenters. The summed E-state index contributed by atoms with van der Waals surface area (Å²) in [5.41, 5.74) is 0. The molecule has 1 aliphatic heterocycles. The van der Waals surface area contributed by atoms with E-state index in [9.17, 15) is 35.4 Å². The van der Waals surface area contributed by atoms with Crippen LogP contribution in [0.1, 0.15) is 264 Å². The summed E-state index contributed by atoms with van der Waals surface area (Å²) in [5.74, 6) is -0.611. The third-order valence-electron chi connectivity index (χ3n) is 13.5. The van der Waals surface area contributed by atoms with Gasteiger partial charge in [-0.25, -0.2) is 0 Å². The van der Waals surface area contributed by atoms with Gasteiger partial charge in [0.25, 0.3) is 0 Å². The lowest BCUT2D eigenvalue weighted by molar-refractivity contribution is -0.302. The van der Waals surface area contributed by atoms with Gasteiger partial charge in [-0.05, 0) is 19.3 Å². The lowest BCUT2D eigenvalue weighted by Crippen LogP contribution is -2.60. The number of rotatable bonds is 47. The first kappa shape index (κ1) is 60.9. The number of amides is 1. The van der Waals surface area contributed by atoms with Crippen LogP contribution in [0.3, 0.4) is 0 Å². The fourth-order valence-corrected chi connectivity index (χ4v) is 8.99. The van der Waals surface area contributed by atoms with E-state index in [1.165, 1.54) is 199 Å². The van der Waals surface area contributed by atoms with E-state index in [2.05, 4.69) is 19.2 Å².